The van der Waals surface area contributed by atoms with Crippen LogP contribution in [0.3, 0.4) is 0 Å². The van der Waals surface area contributed by atoms with Gasteiger partial charge in [-0.05, 0) is 24.1 Å². The van der Waals surface area contributed by atoms with Crippen molar-refractivity contribution in [3.8, 4) is 5.75 Å². The first-order valence-corrected chi connectivity index (χ1v) is 5.19. The number of anilines is 1. The Kier molecular flexibility index (Phi) is 4.54. The summed E-state index contributed by atoms with van der Waals surface area (Å²) in [6, 6.07) is 3.90. The van der Waals surface area contributed by atoms with Crippen LogP contribution in [-0.2, 0) is 11.2 Å². The molecule has 1 atom stereocenters. The van der Waals surface area contributed by atoms with Crippen LogP contribution in [-0.4, -0.2) is 28.8 Å². The van der Waals surface area contributed by atoms with Crippen molar-refractivity contribution in [2.45, 2.75) is 12.5 Å². The number of phenols is 1. The molecule has 1 aromatic rings. The molecule has 1 unspecified atom stereocenters. The summed E-state index contributed by atoms with van der Waals surface area (Å²) in [6.45, 7) is 4.07. The average Bonchev–Trinajstić information content (AvgIpc) is 2.29. The number of hydrogen-bond acceptors (Lipinski definition) is 4. The summed E-state index contributed by atoms with van der Waals surface area (Å²) >= 11 is 0. The van der Waals surface area contributed by atoms with E-state index in [1.807, 2.05) is 0 Å². The van der Waals surface area contributed by atoms with E-state index in [2.05, 4.69) is 11.9 Å². The van der Waals surface area contributed by atoms with Crippen molar-refractivity contribution >= 4 is 11.7 Å². The molecule has 1 rings (SSSR count). The Morgan fingerprint density at radius 1 is 1.59 bits per heavy atom. The summed E-state index contributed by atoms with van der Waals surface area (Å²) < 4.78 is 0. The van der Waals surface area contributed by atoms with Crippen LogP contribution in [0.1, 0.15) is 5.56 Å². The van der Waals surface area contributed by atoms with Gasteiger partial charge in [-0.15, -0.1) is 6.58 Å². The lowest BCUT2D eigenvalue weighted by molar-refractivity contribution is -0.138. The van der Waals surface area contributed by atoms with E-state index < -0.39 is 12.0 Å². The summed E-state index contributed by atoms with van der Waals surface area (Å²) in [4.78, 5) is 10.6. The number of carboxylic acid groups (broad SMARTS) is 1. The first-order valence-electron chi connectivity index (χ1n) is 5.19. The van der Waals surface area contributed by atoms with Gasteiger partial charge >= 0.3 is 5.97 Å². The highest BCUT2D eigenvalue weighted by molar-refractivity contribution is 5.73. The van der Waals surface area contributed by atoms with Crippen LogP contribution in [0.15, 0.2) is 30.9 Å². The second-order valence-electron chi connectivity index (χ2n) is 3.67. The van der Waals surface area contributed by atoms with Crippen molar-refractivity contribution in [2.24, 2.45) is 5.73 Å². The summed E-state index contributed by atoms with van der Waals surface area (Å²) in [6.07, 6.45) is 1.88. The maximum Gasteiger partial charge on any atom is 0.320 e. The van der Waals surface area contributed by atoms with E-state index in [0.717, 1.165) is 5.56 Å². The van der Waals surface area contributed by atoms with Gasteiger partial charge in [0.25, 0.3) is 0 Å². The zero-order chi connectivity index (χ0) is 12.8. The number of aliphatic carboxylic acids is 1. The molecular formula is C12H16N2O3. The van der Waals surface area contributed by atoms with Crippen LogP contribution in [0.5, 0.6) is 5.75 Å². The Labute approximate surface area is 99.6 Å². The number of rotatable bonds is 6. The van der Waals surface area contributed by atoms with Gasteiger partial charge in [0.1, 0.15) is 11.8 Å². The van der Waals surface area contributed by atoms with Crippen molar-refractivity contribution in [1.29, 1.82) is 0 Å². The molecular weight excluding hydrogens is 220 g/mol. The molecule has 0 bridgehead atoms. The predicted octanol–water partition coefficient (Wildman–Crippen LogP) is 0.944. The monoisotopic (exact) mass is 236 g/mol. The Balaban J connectivity index is 2.80. The van der Waals surface area contributed by atoms with Crippen molar-refractivity contribution in [3.05, 3.63) is 36.4 Å². The van der Waals surface area contributed by atoms with Gasteiger partial charge in [0, 0.05) is 6.54 Å². The molecule has 0 spiro atoms. The van der Waals surface area contributed by atoms with E-state index in [1.165, 1.54) is 6.07 Å². The third-order valence-electron chi connectivity index (χ3n) is 2.27. The van der Waals surface area contributed by atoms with Crippen LogP contribution >= 0.6 is 0 Å². The van der Waals surface area contributed by atoms with Crippen molar-refractivity contribution < 1.29 is 15.0 Å². The molecule has 17 heavy (non-hydrogen) atoms. The SMILES string of the molecule is C=CCNc1cc(CC(N)C(=O)O)ccc1O. The van der Waals surface area contributed by atoms with Crippen molar-refractivity contribution in [3.63, 3.8) is 0 Å². The highest BCUT2D eigenvalue weighted by Gasteiger charge is 2.13. The maximum atomic E-state index is 10.6. The zero-order valence-electron chi connectivity index (χ0n) is 9.39. The van der Waals surface area contributed by atoms with Gasteiger partial charge in [0.05, 0.1) is 5.69 Å². The number of carboxylic acids is 1. The van der Waals surface area contributed by atoms with Crippen LogP contribution in [0.4, 0.5) is 5.69 Å². The first kappa shape index (κ1) is 13.1. The smallest absolute Gasteiger partial charge is 0.320 e. The fourth-order valence-corrected chi connectivity index (χ4v) is 1.38. The highest BCUT2D eigenvalue weighted by Crippen LogP contribution is 2.24. The fourth-order valence-electron chi connectivity index (χ4n) is 1.38. The molecule has 5 nitrogen and oxygen atoms in total. The largest absolute Gasteiger partial charge is 0.506 e. The quantitative estimate of drug-likeness (QED) is 0.435. The van der Waals surface area contributed by atoms with Crippen LogP contribution < -0.4 is 11.1 Å². The molecule has 0 amide bonds. The van der Waals surface area contributed by atoms with Gasteiger partial charge in [-0.25, -0.2) is 0 Å². The third-order valence-corrected chi connectivity index (χ3v) is 2.27. The van der Waals surface area contributed by atoms with Crippen molar-refractivity contribution in [2.75, 3.05) is 11.9 Å². The molecule has 0 aliphatic heterocycles. The van der Waals surface area contributed by atoms with Crippen LogP contribution in [0.25, 0.3) is 0 Å². The second-order valence-corrected chi connectivity index (χ2v) is 3.67. The zero-order valence-corrected chi connectivity index (χ0v) is 9.39. The second kappa shape index (κ2) is 5.91. The maximum absolute atomic E-state index is 10.6. The summed E-state index contributed by atoms with van der Waals surface area (Å²) in [7, 11) is 0. The number of nitrogens with two attached hydrogens (primary N) is 1. The van der Waals surface area contributed by atoms with Gasteiger partial charge < -0.3 is 21.3 Å². The average molecular weight is 236 g/mol. The molecule has 5 heteroatoms. The molecule has 0 aliphatic carbocycles. The first-order chi connectivity index (χ1) is 8.04. The number of phenolic OH excluding ortho intramolecular Hbond substituents is 1. The molecule has 0 heterocycles. The minimum absolute atomic E-state index is 0.111. The Hall–Kier alpha value is -2.01. The van der Waals surface area contributed by atoms with E-state index in [-0.39, 0.29) is 12.2 Å². The molecule has 0 aromatic heterocycles. The minimum Gasteiger partial charge on any atom is -0.506 e. The number of hydrogen-bond donors (Lipinski definition) is 4. The predicted molar refractivity (Wildman–Crippen MR) is 66.1 cm³/mol. The molecule has 92 valence electrons. The van der Waals surface area contributed by atoms with Crippen molar-refractivity contribution in [1.82, 2.24) is 0 Å². The molecule has 0 aliphatic rings. The summed E-state index contributed by atoms with van der Waals surface area (Å²) in [5.41, 5.74) is 6.73. The van der Waals surface area contributed by atoms with Gasteiger partial charge in [-0.2, -0.15) is 0 Å². The minimum atomic E-state index is -1.04. The van der Waals surface area contributed by atoms with Gasteiger partial charge in [-0.1, -0.05) is 12.1 Å². The number of aromatic hydroxyl groups is 1. The highest BCUT2D eigenvalue weighted by atomic mass is 16.4. The molecule has 0 saturated heterocycles. The van der Waals surface area contributed by atoms with Gasteiger partial charge in [0.2, 0.25) is 0 Å². The molecule has 5 N–H and O–H groups in total. The van der Waals surface area contributed by atoms with E-state index in [0.29, 0.717) is 12.2 Å². The fraction of sp³-hybridized carbons (Fsp3) is 0.250. The number of benzene rings is 1. The number of carbonyl (C=O) groups is 1. The lowest BCUT2D eigenvalue weighted by atomic mass is 10.1. The van der Waals surface area contributed by atoms with E-state index in [1.54, 1.807) is 18.2 Å². The van der Waals surface area contributed by atoms with E-state index >= 15 is 0 Å². The topological polar surface area (TPSA) is 95.6 Å². The number of nitrogens with one attached hydrogen (secondary N) is 1. The Morgan fingerprint density at radius 3 is 2.88 bits per heavy atom. The normalized spacial score (nSPS) is 11.8. The molecule has 1 aromatic carbocycles. The Bertz CT molecular complexity index is 418. The van der Waals surface area contributed by atoms with Gasteiger partial charge in [0.15, 0.2) is 0 Å². The van der Waals surface area contributed by atoms with Crippen LogP contribution in [0, 0.1) is 0 Å². The van der Waals surface area contributed by atoms with E-state index in [4.69, 9.17) is 10.8 Å². The Morgan fingerprint density at radius 2 is 2.29 bits per heavy atom. The summed E-state index contributed by atoms with van der Waals surface area (Å²) in [5, 5.41) is 21.2. The lowest BCUT2D eigenvalue weighted by Gasteiger charge is -2.10. The van der Waals surface area contributed by atoms with Gasteiger partial charge in [-0.3, -0.25) is 4.79 Å². The summed E-state index contributed by atoms with van der Waals surface area (Å²) in [5.74, 6) is -0.932. The molecule has 0 saturated carbocycles. The molecule has 0 fully saturated rings. The van der Waals surface area contributed by atoms with Crippen LogP contribution in [0.2, 0.25) is 0 Å². The lowest BCUT2D eigenvalue weighted by Crippen LogP contribution is -2.32. The third kappa shape index (κ3) is 3.81. The van der Waals surface area contributed by atoms with E-state index in [9.17, 15) is 9.90 Å². The molecule has 0 radical (unpaired) electrons. The standard InChI is InChI=1S/C12H16N2O3/c1-2-5-14-10-7-8(3-4-11(10)15)6-9(13)12(16)17/h2-4,7,9,14-15H,1,5-6,13H2,(H,16,17).